The third kappa shape index (κ3) is 3.62. The van der Waals surface area contributed by atoms with Crippen LogP contribution < -0.4 is 15.0 Å². The Bertz CT molecular complexity index is 664. The number of ether oxygens (including phenoxy) is 1. The highest BCUT2D eigenvalue weighted by atomic mass is 16.5. The van der Waals surface area contributed by atoms with Crippen molar-refractivity contribution in [1.29, 1.82) is 0 Å². The Hall–Kier alpha value is -2.56. The van der Waals surface area contributed by atoms with Crippen molar-refractivity contribution < 1.29 is 9.53 Å². The van der Waals surface area contributed by atoms with Gasteiger partial charge in [-0.1, -0.05) is 12.1 Å². The van der Waals surface area contributed by atoms with Crippen molar-refractivity contribution in [2.24, 2.45) is 0 Å². The van der Waals surface area contributed by atoms with Crippen LogP contribution in [0, 0.1) is 0 Å². The molecule has 2 heterocycles. The van der Waals surface area contributed by atoms with E-state index in [0.717, 1.165) is 43.1 Å². The molecular weight excluding hydrogens is 290 g/mol. The molecule has 0 aliphatic carbocycles. The highest BCUT2D eigenvalue weighted by molar-refractivity contribution is 5.98. The van der Waals surface area contributed by atoms with E-state index < -0.39 is 0 Å². The number of rotatable bonds is 5. The molecule has 1 fully saturated rings. The first-order chi connectivity index (χ1) is 11.3. The first-order valence-electron chi connectivity index (χ1n) is 7.89. The van der Waals surface area contributed by atoms with E-state index in [1.165, 1.54) is 0 Å². The second kappa shape index (κ2) is 7.13. The van der Waals surface area contributed by atoms with Gasteiger partial charge in [0.2, 0.25) is 0 Å². The average Bonchev–Trinajstić information content (AvgIpc) is 3.14. The lowest BCUT2D eigenvalue weighted by Crippen LogP contribution is -2.27. The molecule has 3 rings (SSSR count). The van der Waals surface area contributed by atoms with E-state index in [2.05, 4.69) is 15.2 Å². The lowest BCUT2D eigenvalue weighted by atomic mass is 10.2. The third-order valence-electron chi connectivity index (χ3n) is 4.05. The van der Waals surface area contributed by atoms with Crippen LogP contribution >= 0.6 is 0 Å². The number of nitrogens with one attached hydrogen (secondary N) is 1. The minimum absolute atomic E-state index is 0.0872. The molecule has 23 heavy (non-hydrogen) atoms. The number of anilines is 1. The van der Waals surface area contributed by atoms with Gasteiger partial charge in [-0.3, -0.25) is 4.79 Å². The summed E-state index contributed by atoms with van der Waals surface area (Å²) in [5, 5.41) is 2.97. The normalized spacial score (nSPS) is 13.9. The van der Waals surface area contributed by atoms with E-state index in [1.807, 2.05) is 36.4 Å². The molecule has 0 spiro atoms. The molecule has 0 radical (unpaired) electrons. The predicted octanol–water partition coefficient (Wildman–Crippen LogP) is 2.62. The van der Waals surface area contributed by atoms with E-state index in [4.69, 9.17) is 4.74 Å². The fraction of sp³-hybridized carbons (Fsp3) is 0.333. The maximum absolute atomic E-state index is 12.5. The van der Waals surface area contributed by atoms with Gasteiger partial charge in [0.15, 0.2) is 0 Å². The zero-order valence-electron chi connectivity index (χ0n) is 13.3. The summed E-state index contributed by atoms with van der Waals surface area (Å²) in [7, 11) is 1.64. The Morgan fingerprint density at radius 3 is 2.65 bits per heavy atom. The standard InChI is InChI=1S/C18H21N3O2/c1-23-15-8-6-14(7-9-15)13-20-18(22)16-5-4-10-19-17(16)21-11-2-3-12-21/h4-10H,2-3,11-13H2,1H3,(H,20,22). The average molecular weight is 311 g/mol. The Morgan fingerprint density at radius 2 is 1.96 bits per heavy atom. The van der Waals surface area contributed by atoms with Gasteiger partial charge in [-0.05, 0) is 42.7 Å². The SMILES string of the molecule is COc1ccc(CNC(=O)c2cccnc2N2CCCC2)cc1. The summed E-state index contributed by atoms with van der Waals surface area (Å²) >= 11 is 0. The highest BCUT2D eigenvalue weighted by Gasteiger charge is 2.20. The second-order valence-electron chi connectivity index (χ2n) is 5.60. The third-order valence-corrected chi connectivity index (χ3v) is 4.05. The molecule has 1 saturated heterocycles. The van der Waals surface area contributed by atoms with Crippen LogP contribution in [-0.4, -0.2) is 31.1 Å². The molecule has 0 bridgehead atoms. The van der Waals surface area contributed by atoms with Crippen molar-refractivity contribution in [2.75, 3.05) is 25.1 Å². The molecule has 1 aromatic carbocycles. The van der Waals surface area contributed by atoms with Crippen molar-refractivity contribution in [3.05, 3.63) is 53.7 Å². The molecule has 0 unspecified atom stereocenters. The minimum atomic E-state index is -0.0872. The summed E-state index contributed by atoms with van der Waals surface area (Å²) in [6, 6.07) is 11.3. The zero-order chi connectivity index (χ0) is 16.1. The van der Waals surface area contributed by atoms with Crippen LogP contribution in [0.3, 0.4) is 0 Å². The number of methoxy groups -OCH3 is 1. The van der Waals surface area contributed by atoms with Gasteiger partial charge in [0.05, 0.1) is 12.7 Å². The molecule has 0 atom stereocenters. The van der Waals surface area contributed by atoms with Crippen molar-refractivity contribution in [3.63, 3.8) is 0 Å². The summed E-state index contributed by atoms with van der Waals surface area (Å²) in [6.45, 7) is 2.42. The van der Waals surface area contributed by atoms with Crippen molar-refractivity contribution in [3.8, 4) is 5.75 Å². The quantitative estimate of drug-likeness (QED) is 0.922. The van der Waals surface area contributed by atoms with Gasteiger partial charge >= 0.3 is 0 Å². The molecular formula is C18H21N3O2. The maximum atomic E-state index is 12.5. The summed E-state index contributed by atoms with van der Waals surface area (Å²) in [4.78, 5) is 19.1. The maximum Gasteiger partial charge on any atom is 0.255 e. The van der Waals surface area contributed by atoms with Gasteiger partial charge in [-0.2, -0.15) is 0 Å². The Balaban J connectivity index is 1.68. The van der Waals surface area contributed by atoms with E-state index in [1.54, 1.807) is 13.3 Å². The molecule has 2 aromatic rings. The summed E-state index contributed by atoms with van der Waals surface area (Å²) < 4.78 is 5.14. The lowest BCUT2D eigenvalue weighted by molar-refractivity contribution is 0.0951. The van der Waals surface area contributed by atoms with E-state index in [-0.39, 0.29) is 5.91 Å². The summed E-state index contributed by atoms with van der Waals surface area (Å²) in [5.41, 5.74) is 1.67. The first-order valence-corrected chi connectivity index (χ1v) is 7.89. The van der Waals surface area contributed by atoms with Gasteiger partial charge in [0.1, 0.15) is 11.6 Å². The van der Waals surface area contributed by atoms with Crippen LogP contribution in [0.1, 0.15) is 28.8 Å². The topological polar surface area (TPSA) is 54.5 Å². The number of pyridine rings is 1. The number of hydrogen-bond acceptors (Lipinski definition) is 4. The summed E-state index contributed by atoms with van der Waals surface area (Å²) in [6.07, 6.45) is 4.06. The van der Waals surface area contributed by atoms with E-state index in [9.17, 15) is 4.79 Å². The largest absolute Gasteiger partial charge is 0.497 e. The molecule has 1 aromatic heterocycles. The van der Waals surface area contributed by atoms with Crippen LogP contribution in [0.15, 0.2) is 42.6 Å². The molecule has 0 saturated carbocycles. The Labute approximate surface area is 136 Å². The van der Waals surface area contributed by atoms with E-state index in [0.29, 0.717) is 12.1 Å². The number of aromatic nitrogens is 1. The molecule has 5 nitrogen and oxygen atoms in total. The van der Waals surface area contributed by atoms with Crippen LogP contribution in [0.2, 0.25) is 0 Å². The zero-order valence-corrected chi connectivity index (χ0v) is 13.3. The minimum Gasteiger partial charge on any atom is -0.497 e. The fourth-order valence-electron chi connectivity index (χ4n) is 2.78. The molecule has 1 aliphatic rings. The number of benzene rings is 1. The lowest BCUT2D eigenvalue weighted by Gasteiger charge is -2.19. The first kappa shape index (κ1) is 15.3. The van der Waals surface area contributed by atoms with Gasteiger partial charge < -0.3 is 15.0 Å². The summed E-state index contributed by atoms with van der Waals surface area (Å²) in [5.74, 6) is 1.51. The predicted molar refractivity (Wildman–Crippen MR) is 89.8 cm³/mol. The molecule has 1 aliphatic heterocycles. The second-order valence-corrected chi connectivity index (χ2v) is 5.60. The van der Waals surface area contributed by atoms with E-state index >= 15 is 0 Å². The molecule has 5 heteroatoms. The highest BCUT2D eigenvalue weighted by Crippen LogP contribution is 2.22. The smallest absolute Gasteiger partial charge is 0.255 e. The number of nitrogens with zero attached hydrogens (tertiary/aromatic N) is 2. The molecule has 1 amide bonds. The van der Waals surface area contributed by atoms with Crippen LogP contribution in [0.25, 0.3) is 0 Å². The van der Waals surface area contributed by atoms with Gasteiger partial charge in [-0.15, -0.1) is 0 Å². The molecule has 1 N–H and O–H groups in total. The van der Waals surface area contributed by atoms with Crippen LogP contribution in [-0.2, 0) is 6.54 Å². The Kier molecular flexibility index (Phi) is 4.76. The van der Waals surface area contributed by atoms with Crippen molar-refractivity contribution in [1.82, 2.24) is 10.3 Å². The number of carbonyl (C=O) groups is 1. The molecule has 120 valence electrons. The number of hydrogen-bond donors (Lipinski definition) is 1. The van der Waals surface area contributed by atoms with Crippen molar-refractivity contribution >= 4 is 11.7 Å². The van der Waals surface area contributed by atoms with Gasteiger partial charge in [0.25, 0.3) is 5.91 Å². The number of amides is 1. The van der Waals surface area contributed by atoms with Gasteiger partial charge in [0, 0.05) is 25.8 Å². The fourth-order valence-corrected chi connectivity index (χ4v) is 2.78. The van der Waals surface area contributed by atoms with Crippen LogP contribution in [0.5, 0.6) is 5.75 Å². The monoisotopic (exact) mass is 311 g/mol. The van der Waals surface area contributed by atoms with Gasteiger partial charge in [-0.25, -0.2) is 4.98 Å². The Morgan fingerprint density at radius 1 is 1.22 bits per heavy atom. The van der Waals surface area contributed by atoms with Crippen molar-refractivity contribution in [2.45, 2.75) is 19.4 Å². The number of carbonyl (C=O) groups excluding carboxylic acids is 1. The van der Waals surface area contributed by atoms with Crippen LogP contribution in [0.4, 0.5) is 5.82 Å².